The molecule has 0 aliphatic carbocycles. The van der Waals surface area contributed by atoms with E-state index in [4.69, 9.17) is 0 Å². The monoisotopic (exact) mass is 200 g/mol. The van der Waals surface area contributed by atoms with Crippen LogP contribution in [0.15, 0.2) is 23.1 Å². The van der Waals surface area contributed by atoms with Gasteiger partial charge in [-0.05, 0) is 6.07 Å². The Hall–Kier alpha value is -1.04. The maximum atomic E-state index is 11.7. The number of hydrogen-bond acceptors (Lipinski definition) is 2. The summed E-state index contributed by atoms with van der Waals surface area (Å²) in [5.41, 5.74) is -1.18. The van der Waals surface area contributed by atoms with E-state index in [-0.39, 0.29) is 12.4 Å². The number of halogens is 4. The molecular weight excluding hydrogens is 197 g/mol. The second-order valence-electron chi connectivity index (χ2n) is 1.74. The topological polar surface area (TPSA) is 34.9 Å². The predicted molar refractivity (Wildman–Crippen MR) is 37.0 cm³/mol. The van der Waals surface area contributed by atoms with Crippen LogP contribution in [0.4, 0.5) is 13.2 Å². The van der Waals surface area contributed by atoms with Gasteiger partial charge in [0, 0.05) is 12.3 Å². The zero-order valence-electron chi connectivity index (χ0n) is 5.58. The smallest absolute Gasteiger partial charge is 0.268 e. The molecule has 0 N–H and O–H groups in total. The first-order valence-electron chi connectivity index (χ1n) is 2.63. The van der Waals surface area contributed by atoms with Gasteiger partial charge in [0.15, 0.2) is 0 Å². The van der Waals surface area contributed by atoms with Gasteiger partial charge in [0.2, 0.25) is 0 Å². The number of alkyl halides is 3. The van der Waals surface area contributed by atoms with Gasteiger partial charge < -0.3 is 0 Å². The van der Waals surface area contributed by atoms with Crippen molar-refractivity contribution >= 4 is 12.4 Å². The summed E-state index contributed by atoms with van der Waals surface area (Å²) in [7, 11) is 0. The summed E-state index contributed by atoms with van der Waals surface area (Å²) in [6.45, 7) is 0. The summed E-state index contributed by atoms with van der Waals surface area (Å²) in [6.07, 6.45) is -3.83. The minimum atomic E-state index is -4.72. The van der Waals surface area contributed by atoms with Gasteiger partial charge >= 0.3 is 6.30 Å². The molecule has 0 aliphatic heterocycles. The van der Waals surface area contributed by atoms with E-state index in [0.717, 1.165) is 18.3 Å². The molecule has 7 heteroatoms. The van der Waals surface area contributed by atoms with Gasteiger partial charge in [-0.3, -0.25) is 4.79 Å². The van der Waals surface area contributed by atoms with E-state index in [2.05, 4.69) is 5.10 Å². The summed E-state index contributed by atoms with van der Waals surface area (Å²) in [5, 5.41) is 2.83. The van der Waals surface area contributed by atoms with E-state index < -0.39 is 16.5 Å². The van der Waals surface area contributed by atoms with Crippen LogP contribution >= 0.6 is 12.4 Å². The van der Waals surface area contributed by atoms with Crippen LogP contribution in [0.3, 0.4) is 0 Å². The maximum absolute atomic E-state index is 11.7. The summed E-state index contributed by atoms with van der Waals surface area (Å²) in [4.78, 5) is 10.4. The Kier molecular flexibility index (Phi) is 3.26. The molecule has 0 fully saturated rings. The van der Waals surface area contributed by atoms with Gasteiger partial charge in [-0.25, -0.2) is 0 Å². The quantitative estimate of drug-likeness (QED) is 0.630. The minimum absolute atomic E-state index is 0. The van der Waals surface area contributed by atoms with Crippen LogP contribution in [0.2, 0.25) is 0 Å². The highest BCUT2D eigenvalue weighted by molar-refractivity contribution is 5.85. The van der Waals surface area contributed by atoms with E-state index in [0.29, 0.717) is 0 Å². The van der Waals surface area contributed by atoms with Crippen molar-refractivity contribution in [1.29, 1.82) is 0 Å². The fourth-order valence-electron chi connectivity index (χ4n) is 0.548. The lowest BCUT2D eigenvalue weighted by molar-refractivity contribution is -0.215. The standard InChI is InChI=1S/C5H3F3N2O.ClH/c6-5(7,8)10-4(11)2-1-3-9-10;/h1-3H;1H. The Bertz CT molecular complexity index is 308. The number of nitrogens with zero attached hydrogens (tertiary/aromatic N) is 2. The first kappa shape index (κ1) is 11.0. The van der Waals surface area contributed by atoms with Crippen LogP contribution in [0.5, 0.6) is 0 Å². The van der Waals surface area contributed by atoms with Crippen molar-refractivity contribution in [3.8, 4) is 0 Å². The second kappa shape index (κ2) is 3.57. The minimum Gasteiger partial charge on any atom is -0.268 e. The van der Waals surface area contributed by atoms with Gasteiger partial charge in [0.1, 0.15) is 0 Å². The van der Waals surface area contributed by atoms with E-state index in [9.17, 15) is 18.0 Å². The first-order valence-corrected chi connectivity index (χ1v) is 2.63. The molecule has 0 aliphatic rings. The Labute approximate surface area is 71.2 Å². The number of rotatable bonds is 0. The molecule has 0 saturated carbocycles. The van der Waals surface area contributed by atoms with E-state index in [1.54, 1.807) is 0 Å². The molecule has 0 atom stereocenters. The molecule has 0 amide bonds. The van der Waals surface area contributed by atoms with Crippen LogP contribution in [0.1, 0.15) is 0 Å². The Balaban J connectivity index is 0.00000121. The zero-order valence-corrected chi connectivity index (χ0v) is 6.39. The van der Waals surface area contributed by atoms with Gasteiger partial charge in [0.05, 0.1) is 0 Å². The molecule has 0 bridgehead atoms. The summed E-state index contributed by atoms with van der Waals surface area (Å²) < 4.78 is 34.7. The SMILES string of the molecule is Cl.O=c1cccnn1C(F)(F)F. The average Bonchev–Trinajstić information content (AvgIpc) is 1.86. The van der Waals surface area contributed by atoms with Gasteiger partial charge in [0.25, 0.3) is 5.56 Å². The fraction of sp³-hybridized carbons (Fsp3) is 0.200. The van der Waals surface area contributed by atoms with E-state index in [1.807, 2.05) is 0 Å². The summed E-state index contributed by atoms with van der Waals surface area (Å²) in [6, 6.07) is 1.94. The number of aromatic nitrogens is 2. The Morgan fingerprint density at radius 3 is 2.33 bits per heavy atom. The molecule has 1 heterocycles. The van der Waals surface area contributed by atoms with Crippen LogP contribution in [0, 0.1) is 0 Å². The molecule has 1 rings (SSSR count). The molecule has 0 radical (unpaired) electrons. The van der Waals surface area contributed by atoms with Crippen molar-refractivity contribution < 1.29 is 13.2 Å². The number of hydrogen-bond donors (Lipinski definition) is 0. The highest BCUT2D eigenvalue weighted by atomic mass is 35.5. The predicted octanol–water partition coefficient (Wildman–Crippen LogP) is 1.14. The van der Waals surface area contributed by atoms with Crippen molar-refractivity contribution in [1.82, 2.24) is 9.78 Å². The molecule has 68 valence electrons. The van der Waals surface area contributed by atoms with Crippen molar-refractivity contribution in [3.63, 3.8) is 0 Å². The van der Waals surface area contributed by atoms with Crippen LogP contribution in [-0.4, -0.2) is 9.78 Å². The van der Waals surface area contributed by atoms with Gasteiger partial charge in [-0.1, -0.05) is 0 Å². The third-order valence-corrected chi connectivity index (χ3v) is 0.956. The van der Waals surface area contributed by atoms with E-state index in [1.165, 1.54) is 0 Å². The van der Waals surface area contributed by atoms with E-state index >= 15 is 0 Å². The second-order valence-corrected chi connectivity index (χ2v) is 1.74. The maximum Gasteiger partial charge on any atom is 0.507 e. The first-order chi connectivity index (χ1) is 5.02. The lowest BCUT2D eigenvalue weighted by Crippen LogP contribution is -2.31. The summed E-state index contributed by atoms with van der Waals surface area (Å²) >= 11 is 0. The zero-order chi connectivity index (χ0) is 8.48. The average molecular weight is 201 g/mol. The normalized spacial score (nSPS) is 10.6. The fourth-order valence-corrected chi connectivity index (χ4v) is 0.548. The van der Waals surface area contributed by atoms with Crippen LogP contribution < -0.4 is 5.56 Å². The molecule has 1 aromatic heterocycles. The molecule has 1 aromatic rings. The van der Waals surface area contributed by atoms with Crippen LogP contribution in [-0.2, 0) is 6.30 Å². The van der Waals surface area contributed by atoms with Crippen LogP contribution in [0.25, 0.3) is 0 Å². The lowest BCUT2D eigenvalue weighted by Gasteiger charge is -2.05. The molecule has 3 nitrogen and oxygen atoms in total. The third-order valence-electron chi connectivity index (χ3n) is 0.956. The van der Waals surface area contributed by atoms with Gasteiger partial charge in [-0.2, -0.15) is 5.10 Å². The molecule has 12 heavy (non-hydrogen) atoms. The summed E-state index contributed by atoms with van der Waals surface area (Å²) in [5.74, 6) is 0. The highest BCUT2D eigenvalue weighted by Crippen LogP contribution is 2.17. The highest BCUT2D eigenvalue weighted by Gasteiger charge is 2.32. The van der Waals surface area contributed by atoms with Crippen molar-refractivity contribution in [2.45, 2.75) is 6.30 Å². The third kappa shape index (κ3) is 2.23. The van der Waals surface area contributed by atoms with Gasteiger partial charge in [-0.15, -0.1) is 30.3 Å². The van der Waals surface area contributed by atoms with Crippen molar-refractivity contribution in [3.05, 3.63) is 28.7 Å². The van der Waals surface area contributed by atoms with Crippen molar-refractivity contribution in [2.24, 2.45) is 0 Å². The molecule has 0 aromatic carbocycles. The Morgan fingerprint density at radius 2 is 2.00 bits per heavy atom. The largest absolute Gasteiger partial charge is 0.507 e. The lowest BCUT2D eigenvalue weighted by atomic mass is 10.6. The Morgan fingerprint density at radius 1 is 1.42 bits per heavy atom. The molecule has 0 saturated heterocycles. The molecular formula is C5H4ClF3N2O. The van der Waals surface area contributed by atoms with Crippen molar-refractivity contribution in [2.75, 3.05) is 0 Å². The molecule has 0 spiro atoms. The molecule has 0 unspecified atom stereocenters.